The molecule has 9 nitrogen and oxygen atoms in total. The molecule has 0 spiro atoms. The zero-order valence-electron chi connectivity index (χ0n) is 18.9. The maximum Gasteiger partial charge on any atom is 0.271 e. The molecule has 1 aromatic carbocycles. The van der Waals surface area contributed by atoms with Gasteiger partial charge in [0.1, 0.15) is 11.4 Å². The summed E-state index contributed by atoms with van der Waals surface area (Å²) in [5, 5.41) is 24.7. The number of carbonyl (C=O) groups excluding carboxylic acids is 2. The molecule has 34 heavy (non-hydrogen) atoms. The van der Waals surface area contributed by atoms with Gasteiger partial charge in [-0.15, -0.1) is 11.3 Å². The number of hydrogen-bond donors (Lipinski definition) is 4. The second-order valence-electron chi connectivity index (χ2n) is 8.74. The number of halogens is 1. The molecule has 0 saturated carbocycles. The number of fused-ring (bicyclic) bond motifs is 1. The number of carbonyl (C=O) groups is 2. The number of aliphatic hydroxyl groups is 1. The van der Waals surface area contributed by atoms with Crippen LogP contribution in [0.1, 0.15) is 49.3 Å². The quantitative estimate of drug-likeness (QED) is 0.240. The highest BCUT2D eigenvalue weighted by molar-refractivity contribution is 7.07. The molecule has 0 radical (unpaired) electrons. The molecule has 0 aliphatic carbocycles. The van der Waals surface area contributed by atoms with Crippen LogP contribution in [0.25, 0.3) is 11.0 Å². The molecule has 182 valence electrons. The maximum atomic E-state index is 14.0. The predicted molar refractivity (Wildman–Crippen MR) is 125 cm³/mol. The van der Waals surface area contributed by atoms with Gasteiger partial charge < -0.3 is 10.4 Å². The standard InChI is InChI=1S/C23H28FN5O4S/c1-23(2,24)8-7-14(21(31)29-33)9-20(30)18(10-15-12-34-13-26-15)28-22(32)19-11-25-16-5-3-4-6-17(16)27-19/h3-6,11-14,18,20,30,33H,7-10H2,1-2H3,(H,28,32)(H,29,31). The number of hydrogen-bond acceptors (Lipinski definition) is 8. The fraction of sp³-hybridized carbons (Fsp3) is 0.435. The van der Waals surface area contributed by atoms with Crippen LogP contribution < -0.4 is 10.8 Å². The number of hydroxylamine groups is 1. The highest BCUT2D eigenvalue weighted by Crippen LogP contribution is 2.24. The topological polar surface area (TPSA) is 137 Å². The summed E-state index contributed by atoms with van der Waals surface area (Å²) >= 11 is 1.38. The molecule has 2 heterocycles. The monoisotopic (exact) mass is 489 g/mol. The van der Waals surface area contributed by atoms with Gasteiger partial charge in [0.25, 0.3) is 5.91 Å². The first-order valence-electron chi connectivity index (χ1n) is 10.9. The van der Waals surface area contributed by atoms with E-state index in [1.54, 1.807) is 34.6 Å². The Kier molecular flexibility index (Phi) is 8.59. The van der Waals surface area contributed by atoms with Gasteiger partial charge in [-0.1, -0.05) is 12.1 Å². The molecule has 11 heteroatoms. The lowest BCUT2D eigenvalue weighted by molar-refractivity contribution is -0.135. The smallest absolute Gasteiger partial charge is 0.271 e. The first-order valence-corrected chi connectivity index (χ1v) is 11.8. The van der Waals surface area contributed by atoms with Crippen molar-refractivity contribution in [2.75, 3.05) is 0 Å². The van der Waals surface area contributed by atoms with Crippen molar-refractivity contribution in [3.8, 4) is 0 Å². The fourth-order valence-corrected chi connectivity index (χ4v) is 4.15. The van der Waals surface area contributed by atoms with Gasteiger partial charge >= 0.3 is 0 Å². The van der Waals surface area contributed by atoms with Crippen LogP contribution in [0.2, 0.25) is 0 Å². The van der Waals surface area contributed by atoms with Gasteiger partial charge in [0.2, 0.25) is 5.91 Å². The summed E-state index contributed by atoms with van der Waals surface area (Å²) in [6.45, 7) is 2.79. The first kappa shape index (κ1) is 25.6. The largest absolute Gasteiger partial charge is 0.391 e. The van der Waals surface area contributed by atoms with Crippen LogP contribution in [-0.4, -0.2) is 54.9 Å². The number of nitrogens with zero attached hydrogens (tertiary/aromatic N) is 3. The Morgan fingerprint density at radius 2 is 1.94 bits per heavy atom. The lowest BCUT2D eigenvalue weighted by Crippen LogP contribution is -2.47. The van der Waals surface area contributed by atoms with Gasteiger partial charge in [0, 0.05) is 17.7 Å². The van der Waals surface area contributed by atoms with Gasteiger partial charge in [0.15, 0.2) is 0 Å². The molecule has 4 N–H and O–H groups in total. The van der Waals surface area contributed by atoms with E-state index in [9.17, 15) is 19.1 Å². The van der Waals surface area contributed by atoms with Crippen molar-refractivity contribution in [3.63, 3.8) is 0 Å². The van der Waals surface area contributed by atoms with Crippen molar-refractivity contribution >= 4 is 34.2 Å². The van der Waals surface area contributed by atoms with E-state index in [-0.39, 0.29) is 31.4 Å². The van der Waals surface area contributed by atoms with Crippen molar-refractivity contribution in [2.45, 2.75) is 57.3 Å². The van der Waals surface area contributed by atoms with Crippen molar-refractivity contribution in [2.24, 2.45) is 5.92 Å². The van der Waals surface area contributed by atoms with Crippen molar-refractivity contribution in [3.05, 3.63) is 52.7 Å². The molecule has 0 aliphatic rings. The van der Waals surface area contributed by atoms with E-state index >= 15 is 0 Å². The molecule has 0 bridgehead atoms. The van der Waals surface area contributed by atoms with Crippen molar-refractivity contribution < 1.29 is 24.3 Å². The molecule has 2 amide bonds. The summed E-state index contributed by atoms with van der Waals surface area (Å²) in [7, 11) is 0. The number of amides is 2. The Morgan fingerprint density at radius 1 is 1.21 bits per heavy atom. The number of nitrogens with one attached hydrogen (secondary N) is 2. The van der Waals surface area contributed by atoms with Gasteiger partial charge in [-0.3, -0.25) is 19.8 Å². The zero-order valence-corrected chi connectivity index (χ0v) is 19.8. The van der Waals surface area contributed by atoms with E-state index in [4.69, 9.17) is 5.21 Å². The number of aliphatic hydroxyl groups excluding tert-OH is 1. The average Bonchev–Trinajstić information content (AvgIpc) is 3.32. The van der Waals surface area contributed by atoms with Crippen molar-refractivity contribution in [1.29, 1.82) is 0 Å². The predicted octanol–water partition coefficient (Wildman–Crippen LogP) is 2.83. The van der Waals surface area contributed by atoms with Crippen LogP contribution in [0, 0.1) is 5.92 Å². The van der Waals surface area contributed by atoms with Gasteiger partial charge in [-0.05, 0) is 45.2 Å². The van der Waals surface area contributed by atoms with E-state index in [0.29, 0.717) is 16.7 Å². The lowest BCUT2D eigenvalue weighted by atomic mass is 9.88. The van der Waals surface area contributed by atoms with Crippen LogP contribution in [0.4, 0.5) is 4.39 Å². The number of rotatable bonds is 11. The molecule has 0 saturated heterocycles. The Hall–Kier alpha value is -3.02. The van der Waals surface area contributed by atoms with E-state index in [2.05, 4.69) is 20.3 Å². The lowest BCUT2D eigenvalue weighted by Gasteiger charge is -2.27. The summed E-state index contributed by atoms with van der Waals surface area (Å²) in [5.41, 5.74) is 3.66. The third-order valence-electron chi connectivity index (χ3n) is 5.47. The second-order valence-corrected chi connectivity index (χ2v) is 9.46. The van der Waals surface area contributed by atoms with E-state index in [1.807, 2.05) is 6.07 Å². The Morgan fingerprint density at radius 3 is 2.59 bits per heavy atom. The summed E-state index contributed by atoms with van der Waals surface area (Å²) in [5.74, 6) is -2.11. The molecule has 2 aromatic heterocycles. The summed E-state index contributed by atoms with van der Waals surface area (Å²) < 4.78 is 14.0. The minimum Gasteiger partial charge on any atom is -0.391 e. The fourth-order valence-electron chi connectivity index (χ4n) is 3.58. The minimum absolute atomic E-state index is 0.0631. The molecule has 3 rings (SSSR count). The Labute approximate surface area is 200 Å². The molecular formula is C23H28FN5O4S. The van der Waals surface area contributed by atoms with E-state index in [1.165, 1.54) is 31.4 Å². The van der Waals surface area contributed by atoms with Crippen molar-refractivity contribution in [1.82, 2.24) is 25.7 Å². The highest BCUT2D eigenvalue weighted by atomic mass is 32.1. The first-order chi connectivity index (χ1) is 16.2. The number of thiazole rings is 1. The normalized spacial score (nSPS) is 14.4. The summed E-state index contributed by atoms with van der Waals surface area (Å²) in [4.78, 5) is 37.9. The molecule has 3 atom stereocenters. The van der Waals surface area contributed by atoms with Gasteiger partial charge in [-0.2, -0.15) is 0 Å². The maximum absolute atomic E-state index is 14.0. The zero-order chi connectivity index (χ0) is 24.7. The van der Waals surface area contributed by atoms with E-state index in [0.717, 1.165) is 0 Å². The summed E-state index contributed by atoms with van der Waals surface area (Å²) in [6.07, 6.45) is 0.466. The Bertz CT molecular complexity index is 1110. The van der Waals surface area contributed by atoms with Crippen LogP contribution in [0.15, 0.2) is 41.4 Å². The second kappa shape index (κ2) is 11.4. The summed E-state index contributed by atoms with van der Waals surface area (Å²) in [6, 6.07) is 6.32. The number of aromatic nitrogens is 3. The van der Waals surface area contributed by atoms with Crippen LogP contribution in [0.5, 0.6) is 0 Å². The third-order valence-corrected chi connectivity index (χ3v) is 6.10. The highest BCUT2D eigenvalue weighted by Gasteiger charge is 2.30. The Balaban J connectivity index is 1.77. The third kappa shape index (κ3) is 7.24. The van der Waals surface area contributed by atoms with Crippen LogP contribution >= 0.6 is 11.3 Å². The molecule has 0 fully saturated rings. The molecule has 0 aliphatic heterocycles. The molecular weight excluding hydrogens is 461 g/mol. The van der Waals surface area contributed by atoms with Crippen LogP contribution in [-0.2, 0) is 11.2 Å². The van der Waals surface area contributed by atoms with Crippen LogP contribution in [0.3, 0.4) is 0 Å². The number of para-hydroxylation sites is 2. The number of benzene rings is 1. The average molecular weight is 490 g/mol. The van der Waals surface area contributed by atoms with Gasteiger partial charge in [-0.25, -0.2) is 19.8 Å². The minimum atomic E-state index is -1.51. The number of alkyl halides is 1. The molecule has 3 unspecified atom stereocenters. The molecule has 3 aromatic rings. The van der Waals surface area contributed by atoms with E-state index < -0.39 is 35.5 Å². The SMILES string of the molecule is CC(C)(F)CCC(CC(O)C(Cc1cscn1)NC(=O)c1cnc2ccccc2n1)C(=O)NO. The van der Waals surface area contributed by atoms with Gasteiger partial charge in [0.05, 0.1) is 40.6 Å².